The molecule has 3 heterocycles. The smallest absolute Gasteiger partial charge is 0.407 e. The maximum atomic E-state index is 12.6. The summed E-state index contributed by atoms with van der Waals surface area (Å²) >= 11 is 0. The number of nitrogens with one attached hydrogen (secondary N) is 2. The van der Waals surface area contributed by atoms with Crippen molar-refractivity contribution in [3.05, 3.63) is 66.5 Å². The molecule has 0 aliphatic carbocycles. The first kappa shape index (κ1) is 29.0. The highest BCUT2D eigenvalue weighted by atomic mass is 32.2. The van der Waals surface area contributed by atoms with Crippen LogP contribution in [0, 0.1) is 6.92 Å². The summed E-state index contributed by atoms with van der Waals surface area (Å²) in [6, 6.07) is 14.3. The molecular formula is C29H32N6O6S. The van der Waals surface area contributed by atoms with E-state index in [0.717, 1.165) is 18.4 Å². The topological polar surface area (TPSA) is 156 Å². The zero-order chi connectivity index (χ0) is 29.7. The number of amides is 1. The molecule has 0 spiro atoms. The largest absolute Gasteiger partial charge is 0.465 e. The van der Waals surface area contributed by atoms with Crippen molar-refractivity contribution in [2.24, 2.45) is 0 Å². The van der Waals surface area contributed by atoms with E-state index < -0.39 is 16.1 Å². The number of methoxy groups -OCH3 is 1. The maximum Gasteiger partial charge on any atom is 0.407 e. The number of rotatable bonds is 10. The van der Waals surface area contributed by atoms with Crippen molar-refractivity contribution >= 4 is 38.5 Å². The highest BCUT2D eigenvalue weighted by Gasteiger charge is 2.24. The second-order valence-corrected chi connectivity index (χ2v) is 11.8. The number of fused-ring (bicyclic) bond motifs is 1. The fourth-order valence-electron chi connectivity index (χ4n) is 4.87. The van der Waals surface area contributed by atoms with Crippen molar-refractivity contribution in [2.75, 3.05) is 42.6 Å². The van der Waals surface area contributed by atoms with E-state index in [2.05, 4.69) is 25.0 Å². The minimum atomic E-state index is -3.62. The molecule has 4 aromatic rings. The van der Waals surface area contributed by atoms with Crippen LogP contribution in [0.3, 0.4) is 0 Å². The minimum Gasteiger partial charge on any atom is -0.465 e. The number of piperidine rings is 1. The maximum absolute atomic E-state index is 12.6. The number of aromatic nitrogens is 3. The molecule has 12 nitrogen and oxygen atoms in total. The Kier molecular flexibility index (Phi) is 8.69. The molecule has 220 valence electrons. The van der Waals surface area contributed by atoms with Crippen LogP contribution in [0.5, 0.6) is 11.6 Å². The van der Waals surface area contributed by atoms with Gasteiger partial charge in [0, 0.05) is 49.4 Å². The van der Waals surface area contributed by atoms with Gasteiger partial charge in [0.05, 0.1) is 29.3 Å². The fraction of sp³-hybridized carbons (Fsp3) is 0.310. The molecular weight excluding hydrogens is 560 g/mol. The summed E-state index contributed by atoms with van der Waals surface area (Å²) in [5.41, 5.74) is 2.48. The number of hydrogen-bond donors (Lipinski definition) is 3. The number of carbonyl (C=O) groups is 1. The van der Waals surface area contributed by atoms with Crippen LogP contribution in [0.25, 0.3) is 22.0 Å². The summed E-state index contributed by atoms with van der Waals surface area (Å²) in [5.74, 6) is 1.07. The molecule has 1 atom stereocenters. The lowest BCUT2D eigenvalue weighted by molar-refractivity contribution is 0.132. The van der Waals surface area contributed by atoms with Crippen molar-refractivity contribution in [3.63, 3.8) is 0 Å². The number of anilines is 2. The Labute approximate surface area is 243 Å². The molecule has 0 bridgehead atoms. The van der Waals surface area contributed by atoms with Gasteiger partial charge < -0.3 is 24.8 Å². The number of benzene rings is 2. The number of carboxylic acid groups (broad SMARTS) is 1. The molecule has 0 unspecified atom stereocenters. The van der Waals surface area contributed by atoms with Crippen LogP contribution < -0.4 is 14.8 Å². The Bertz CT molecular complexity index is 1700. The van der Waals surface area contributed by atoms with Crippen molar-refractivity contribution in [1.29, 1.82) is 0 Å². The van der Waals surface area contributed by atoms with Crippen LogP contribution in [-0.4, -0.2) is 78.1 Å². The lowest BCUT2D eigenvalue weighted by Gasteiger charge is -2.31. The van der Waals surface area contributed by atoms with Crippen LogP contribution >= 0.6 is 0 Å². The molecule has 1 aliphatic rings. The number of nitrogens with zero attached hydrogens (tertiary/aromatic N) is 4. The van der Waals surface area contributed by atoms with Gasteiger partial charge in [0.25, 0.3) is 0 Å². The van der Waals surface area contributed by atoms with Crippen molar-refractivity contribution in [3.8, 4) is 22.9 Å². The average molecular weight is 593 g/mol. The highest BCUT2D eigenvalue weighted by Crippen LogP contribution is 2.38. The molecule has 0 radical (unpaired) electrons. The van der Waals surface area contributed by atoms with E-state index in [9.17, 15) is 18.3 Å². The number of likely N-dealkylation sites (tertiary alicyclic amines) is 1. The van der Waals surface area contributed by atoms with Crippen LogP contribution in [0.15, 0.2) is 60.9 Å². The molecule has 2 aromatic heterocycles. The Morgan fingerprint density at radius 3 is 2.76 bits per heavy atom. The van der Waals surface area contributed by atoms with E-state index in [1.165, 1.54) is 12.0 Å². The van der Waals surface area contributed by atoms with Gasteiger partial charge in [0.1, 0.15) is 5.75 Å². The summed E-state index contributed by atoms with van der Waals surface area (Å²) in [6.07, 6.45) is 3.88. The van der Waals surface area contributed by atoms with Gasteiger partial charge in [0.2, 0.25) is 21.9 Å². The first-order valence-electron chi connectivity index (χ1n) is 13.5. The minimum absolute atomic E-state index is 0.0811. The standard InChI is InChI=1S/C29H32N6O6S/c1-19-10-11-21-22(7-3-9-25(21)34-42(38,39)17-16-40-2)26(19)41-27-23(8-4-13-30-27)24-12-14-31-28(33-24)32-20-6-5-15-35(18-20)29(36)37/h3-4,7-14,20,34H,5-6,15-18H2,1-2H3,(H,36,37)(H,31,32,33)/t20-/m0/s1. The second-order valence-electron chi connectivity index (χ2n) is 9.96. The molecule has 0 saturated carbocycles. The molecule has 13 heteroatoms. The molecule has 1 aliphatic heterocycles. The predicted molar refractivity (Wildman–Crippen MR) is 160 cm³/mol. The summed E-state index contributed by atoms with van der Waals surface area (Å²) in [6.45, 7) is 2.86. The third-order valence-corrected chi connectivity index (χ3v) is 8.19. The van der Waals surface area contributed by atoms with Gasteiger partial charge in [-0.25, -0.2) is 28.2 Å². The third kappa shape index (κ3) is 6.69. The Morgan fingerprint density at radius 2 is 1.95 bits per heavy atom. The molecule has 3 N–H and O–H groups in total. The van der Waals surface area contributed by atoms with Gasteiger partial charge in [-0.3, -0.25) is 4.72 Å². The number of pyridine rings is 1. The summed E-state index contributed by atoms with van der Waals surface area (Å²) in [7, 11) is -2.16. The zero-order valence-corrected chi connectivity index (χ0v) is 24.1. The normalized spacial score (nSPS) is 15.4. The number of ether oxygens (including phenoxy) is 2. The van der Waals surface area contributed by atoms with E-state index in [0.29, 0.717) is 58.4 Å². The molecule has 1 saturated heterocycles. The van der Waals surface area contributed by atoms with Gasteiger partial charge in [-0.2, -0.15) is 0 Å². The third-order valence-electron chi connectivity index (χ3n) is 6.96. The van der Waals surface area contributed by atoms with Gasteiger partial charge >= 0.3 is 6.09 Å². The molecule has 1 amide bonds. The fourth-order valence-corrected chi connectivity index (χ4v) is 5.87. The van der Waals surface area contributed by atoms with Crippen molar-refractivity contribution in [1.82, 2.24) is 19.9 Å². The van der Waals surface area contributed by atoms with Gasteiger partial charge in [-0.15, -0.1) is 0 Å². The van der Waals surface area contributed by atoms with E-state index in [4.69, 9.17) is 9.47 Å². The number of sulfonamides is 1. The van der Waals surface area contributed by atoms with Crippen LogP contribution in [0.4, 0.5) is 16.4 Å². The quantitative estimate of drug-likeness (QED) is 0.235. The van der Waals surface area contributed by atoms with Gasteiger partial charge in [0.15, 0.2) is 0 Å². The molecule has 42 heavy (non-hydrogen) atoms. The Balaban J connectivity index is 1.44. The first-order chi connectivity index (χ1) is 20.2. The van der Waals surface area contributed by atoms with Crippen molar-refractivity contribution < 1.29 is 27.8 Å². The van der Waals surface area contributed by atoms with Crippen LogP contribution in [0.1, 0.15) is 18.4 Å². The highest BCUT2D eigenvalue weighted by molar-refractivity contribution is 7.92. The molecule has 1 fully saturated rings. The Hall–Kier alpha value is -4.49. The first-order valence-corrected chi connectivity index (χ1v) is 15.1. The second kappa shape index (κ2) is 12.6. The Morgan fingerprint density at radius 1 is 1.10 bits per heavy atom. The van der Waals surface area contributed by atoms with Crippen LogP contribution in [-0.2, 0) is 14.8 Å². The summed E-state index contributed by atoms with van der Waals surface area (Å²) in [4.78, 5) is 26.3. The molecule has 2 aromatic carbocycles. The zero-order valence-electron chi connectivity index (χ0n) is 23.3. The monoisotopic (exact) mass is 592 g/mol. The van der Waals surface area contributed by atoms with E-state index in [1.807, 2.05) is 31.2 Å². The van der Waals surface area contributed by atoms with Gasteiger partial charge in [-0.05, 0) is 49.6 Å². The lowest BCUT2D eigenvalue weighted by Crippen LogP contribution is -2.44. The van der Waals surface area contributed by atoms with Gasteiger partial charge in [-0.1, -0.05) is 24.3 Å². The van der Waals surface area contributed by atoms with E-state index in [1.54, 1.807) is 36.7 Å². The van der Waals surface area contributed by atoms with Crippen LogP contribution in [0.2, 0.25) is 0 Å². The summed E-state index contributed by atoms with van der Waals surface area (Å²) in [5, 5.41) is 14.0. The SMILES string of the molecule is COCCS(=O)(=O)Nc1cccc2c(Oc3ncccc3-c3ccnc(N[C@H]4CCCN(C(=O)O)C4)n3)c(C)ccc12. The van der Waals surface area contributed by atoms with Crippen molar-refractivity contribution in [2.45, 2.75) is 25.8 Å². The van der Waals surface area contributed by atoms with E-state index >= 15 is 0 Å². The average Bonchev–Trinajstić information content (AvgIpc) is 2.98. The lowest BCUT2D eigenvalue weighted by atomic mass is 10.0. The van der Waals surface area contributed by atoms with E-state index in [-0.39, 0.29) is 18.4 Å². The molecule has 5 rings (SSSR count). The number of aryl methyl sites for hydroxylation is 1. The number of hydrogen-bond acceptors (Lipinski definition) is 9. The predicted octanol–water partition coefficient (Wildman–Crippen LogP) is 4.73. The summed E-state index contributed by atoms with van der Waals surface area (Å²) < 4.78 is 39.1.